The second-order valence-electron chi connectivity index (χ2n) is 6.91. The molecule has 1 aliphatic carbocycles. The molecule has 1 saturated carbocycles. The number of sulfone groups is 1. The molecule has 136 valence electrons. The zero-order valence-corrected chi connectivity index (χ0v) is 15.1. The summed E-state index contributed by atoms with van der Waals surface area (Å²) in [6.07, 6.45) is 0.385. The number of carbonyl (C=O) groups is 1. The van der Waals surface area contributed by atoms with Gasteiger partial charge in [0.05, 0.1) is 5.25 Å². The van der Waals surface area contributed by atoms with Gasteiger partial charge in [-0.05, 0) is 40.2 Å². The van der Waals surface area contributed by atoms with Crippen LogP contribution in [0.5, 0.6) is 0 Å². The molecule has 1 N–H and O–H groups in total. The molecule has 1 fully saturated rings. The first kappa shape index (κ1) is 20.3. The number of nitrogens with one attached hydrogen (secondary N) is 1. The zero-order valence-electron chi connectivity index (χ0n) is 14.3. The molecule has 2 atom stereocenters. The molecule has 0 heterocycles. The predicted molar refractivity (Wildman–Crippen MR) is 86.3 cm³/mol. The average Bonchev–Trinajstić information content (AvgIpc) is 2.74. The van der Waals surface area contributed by atoms with Gasteiger partial charge in [-0.1, -0.05) is 0 Å². The molecule has 1 aliphatic rings. The molecule has 0 radical (unpaired) electrons. The molecule has 0 aromatic heterocycles. The smallest absolute Gasteiger partial charge is 0.248 e. The first-order valence-corrected chi connectivity index (χ1v) is 9.71. The summed E-state index contributed by atoms with van der Waals surface area (Å²) in [4.78, 5) is 13.6. The average molecular weight is 354 g/mol. The van der Waals surface area contributed by atoms with Crippen molar-refractivity contribution in [2.24, 2.45) is 5.92 Å². The Labute approximate surface area is 137 Å². The number of amides is 1. The van der Waals surface area contributed by atoms with Crippen molar-refractivity contribution < 1.29 is 22.0 Å². The van der Waals surface area contributed by atoms with E-state index in [1.165, 1.54) is 13.8 Å². The molecule has 0 bridgehead atoms. The molecule has 1 amide bonds. The van der Waals surface area contributed by atoms with Crippen molar-refractivity contribution in [3.63, 3.8) is 0 Å². The normalized spacial score (nSPS) is 22.5. The van der Waals surface area contributed by atoms with E-state index in [1.54, 1.807) is 0 Å². The molecule has 23 heavy (non-hydrogen) atoms. The topological polar surface area (TPSA) is 66.5 Å². The van der Waals surface area contributed by atoms with Crippen molar-refractivity contribution in [1.29, 1.82) is 0 Å². The van der Waals surface area contributed by atoms with Gasteiger partial charge in [0.15, 0.2) is 9.84 Å². The summed E-state index contributed by atoms with van der Waals surface area (Å²) < 4.78 is 49.7. The summed E-state index contributed by atoms with van der Waals surface area (Å²) in [6, 6.07) is -0.0464. The Kier molecular flexibility index (Phi) is 6.95. The fourth-order valence-corrected chi connectivity index (χ4v) is 3.40. The number of carbonyl (C=O) groups excluding carboxylic acids is 1. The van der Waals surface area contributed by atoms with Crippen LogP contribution in [0.15, 0.2) is 0 Å². The van der Waals surface area contributed by atoms with E-state index in [-0.39, 0.29) is 24.8 Å². The van der Waals surface area contributed by atoms with E-state index < -0.39 is 32.7 Å². The Balaban J connectivity index is 2.35. The molecule has 1 rings (SSSR count). The standard InChI is InChI=1S/C15H28F2N2O3S/c1-11(2)23(21,22)10-14(20)18-8-12(3)19(4)9-13-5-6-15(16,17)7-13/h11-13H,5-10H2,1-4H3,(H,18,20). The van der Waals surface area contributed by atoms with Crippen LogP contribution in [0, 0.1) is 5.92 Å². The zero-order chi connectivity index (χ0) is 17.8. The summed E-state index contributed by atoms with van der Waals surface area (Å²) >= 11 is 0. The molecule has 0 aromatic rings. The van der Waals surface area contributed by atoms with Crippen LogP contribution in [0.4, 0.5) is 8.78 Å². The van der Waals surface area contributed by atoms with Crippen LogP contribution >= 0.6 is 0 Å². The van der Waals surface area contributed by atoms with Crippen molar-refractivity contribution in [2.45, 2.75) is 57.2 Å². The first-order chi connectivity index (χ1) is 10.4. The molecule has 0 aromatic carbocycles. The van der Waals surface area contributed by atoms with Crippen molar-refractivity contribution in [3.8, 4) is 0 Å². The Bertz CT molecular complexity index is 509. The number of rotatable bonds is 8. The van der Waals surface area contributed by atoms with Crippen LogP contribution in [0.25, 0.3) is 0 Å². The number of hydrogen-bond acceptors (Lipinski definition) is 4. The molecule has 8 heteroatoms. The molecule has 0 aliphatic heterocycles. The lowest BCUT2D eigenvalue weighted by Gasteiger charge is -2.27. The molecular weight excluding hydrogens is 326 g/mol. The molecule has 0 saturated heterocycles. The van der Waals surface area contributed by atoms with Gasteiger partial charge in [-0.3, -0.25) is 4.79 Å². The van der Waals surface area contributed by atoms with Crippen molar-refractivity contribution >= 4 is 15.7 Å². The fraction of sp³-hybridized carbons (Fsp3) is 0.933. The Hall–Kier alpha value is -0.760. The van der Waals surface area contributed by atoms with Gasteiger partial charge in [-0.2, -0.15) is 0 Å². The van der Waals surface area contributed by atoms with Gasteiger partial charge < -0.3 is 10.2 Å². The monoisotopic (exact) mass is 354 g/mol. The van der Waals surface area contributed by atoms with Gasteiger partial charge in [0.2, 0.25) is 11.8 Å². The Morgan fingerprint density at radius 1 is 1.35 bits per heavy atom. The van der Waals surface area contributed by atoms with E-state index >= 15 is 0 Å². The van der Waals surface area contributed by atoms with Gasteiger partial charge in [0.1, 0.15) is 5.75 Å². The van der Waals surface area contributed by atoms with Gasteiger partial charge in [0.25, 0.3) is 0 Å². The maximum Gasteiger partial charge on any atom is 0.248 e. The lowest BCUT2D eigenvalue weighted by Crippen LogP contribution is -2.43. The number of nitrogens with zero attached hydrogens (tertiary/aromatic N) is 1. The van der Waals surface area contributed by atoms with Crippen LogP contribution in [-0.2, 0) is 14.6 Å². The van der Waals surface area contributed by atoms with Crippen LogP contribution in [0.1, 0.15) is 40.0 Å². The quantitative estimate of drug-likeness (QED) is 0.720. The van der Waals surface area contributed by atoms with Crippen molar-refractivity contribution in [1.82, 2.24) is 10.2 Å². The van der Waals surface area contributed by atoms with E-state index in [0.29, 0.717) is 19.5 Å². The minimum atomic E-state index is -3.41. The Morgan fingerprint density at radius 2 is 1.96 bits per heavy atom. The summed E-state index contributed by atoms with van der Waals surface area (Å²) in [5, 5.41) is 2.02. The third-order valence-electron chi connectivity index (χ3n) is 4.45. The van der Waals surface area contributed by atoms with Crippen LogP contribution < -0.4 is 5.32 Å². The molecule has 2 unspecified atom stereocenters. The van der Waals surface area contributed by atoms with E-state index in [1.807, 2.05) is 18.9 Å². The number of halogens is 2. The van der Waals surface area contributed by atoms with E-state index in [2.05, 4.69) is 5.32 Å². The minimum absolute atomic E-state index is 0.0329. The maximum absolute atomic E-state index is 13.2. The summed E-state index contributed by atoms with van der Waals surface area (Å²) in [7, 11) is -1.57. The SMILES string of the molecule is CC(CNC(=O)CS(=O)(=O)C(C)C)N(C)CC1CCC(F)(F)C1. The van der Waals surface area contributed by atoms with E-state index in [4.69, 9.17) is 0 Å². The maximum atomic E-state index is 13.2. The molecular formula is C15H28F2N2O3S. The second kappa shape index (κ2) is 7.88. The number of likely N-dealkylation sites (N-methyl/N-ethyl adjacent to an activating group) is 1. The number of hydrogen-bond donors (Lipinski definition) is 1. The Morgan fingerprint density at radius 3 is 2.43 bits per heavy atom. The third kappa shape index (κ3) is 6.71. The van der Waals surface area contributed by atoms with Gasteiger partial charge in [0, 0.05) is 32.0 Å². The molecule has 0 spiro atoms. The van der Waals surface area contributed by atoms with Gasteiger partial charge in [-0.15, -0.1) is 0 Å². The lowest BCUT2D eigenvalue weighted by atomic mass is 10.1. The fourth-order valence-electron chi connectivity index (χ4n) is 2.60. The van der Waals surface area contributed by atoms with Crippen molar-refractivity contribution in [3.05, 3.63) is 0 Å². The predicted octanol–water partition coefficient (Wildman–Crippen LogP) is 1.68. The minimum Gasteiger partial charge on any atom is -0.354 e. The molecule has 5 nitrogen and oxygen atoms in total. The summed E-state index contributed by atoms with van der Waals surface area (Å²) in [5.41, 5.74) is 0. The largest absolute Gasteiger partial charge is 0.354 e. The number of alkyl halides is 2. The summed E-state index contributed by atoms with van der Waals surface area (Å²) in [6.45, 7) is 5.81. The second-order valence-corrected chi connectivity index (χ2v) is 9.47. The van der Waals surface area contributed by atoms with Gasteiger partial charge in [-0.25, -0.2) is 17.2 Å². The highest BCUT2D eigenvalue weighted by Crippen LogP contribution is 2.39. The van der Waals surface area contributed by atoms with Crippen molar-refractivity contribution in [2.75, 3.05) is 25.9 Å². The highest BCUT2D eigenvalue weighted by atomic mass is 32.2. The highest BCUT2D eigenvalue weighted by Gasteiger charge is 2.39. The van der Waals surface area contributed by atoms with E-state index in [9.17, 15) is 22.0 Å². The van der Waals surface area contributed by atoms with Gasteiger partial charge >= 0.3 is 0 Å². The third-order valence-corrected chi connectivity index (χ3v) is 6.55. The van der Waals surface area contributed by atoms with Crippen LogP contribution in [-0.4, -0.2) is 62.3 Å². The first-order valence-electron chi connectivity index (χ1n) is 7.99. The highest BCUT2D eigenvalue weighted by molar-refractivity contribution is 7.92. The van der Waals surface area contributed by atoms with Crippen LogP contribution in [0.3, 0.4) is 0 Å². The van der Waals surface area contributed by atoms with E-state index in [0.717, 1.165) is 0 Å². The van der Waals surface area contributed by atoms with Crippen LogP contribution in [0.2, 0.25) is 0 Å². The lowest BCUT2D eigenvalue weighted by molar-refractivity contribution is -0.118. The summed E-state index contributed by atoms with van der Waals surface area (Å²) in [5.74, 6) is -3.62.